The smallest absolute Gasteiger partial charge is 0.226 e. The molecule has 1 fully saturated rings. The fourth-order valence-electron chi connectivity index (χ4n) is 2.48. The monoisotopic (exact) mass is 324 g/mol. The topological polar surface area (TPSA) is 41.1 Å². The zero-order valence-corrected chi connectivity index (χ0v) is 13.1. The Hall–Kier alpha value is -0.870. The van der Waals surface area contributed by atoms with Gasteiger partial charge in [-0.3, -0.25) is 4.79 Å². The second-order valence-corrected chi connectivity index (χ2v) is 6.38. The highest BCUT2D eigenvalue weighted by Gasteiger charge is 2.35. The van der Waals surface area contributed by atoms with Crippen LogP contribution in [0.1, 0.15) is 38.3 Å². The van der Waals surface area contributed by atoms with Crippen molar-refractivity contribution in [3.8, 4) is 0 Å². The van der Waals surface area contributed by atoms with E-state index in [1.807, 2.05) is 31.2 Å². The lowest BCUT2D eigenvalue weighted by Gasteiger charge is -2.33. The Kier molecular flexibility index (Phi) is 4.63. The molecule has 0 saturated carbocycles. The molecule has 1 aromatic rings. The molecule has 3 nitrogen and oxygen atoms in total. The van der Waals surface area contributed by atoms with Gasteiger partial charge in [-0.1, -0.05) is 41.1 Å². The molecule has 2 rings (SSSR count). The zero-order chi connectivity index (χ0) is 13.9. The van der Waals surface area contributed by atoms with E-state index < -0.39 is 0 Å². The molecule has 4 heteroatoms. The molecule has 1 aliphatic rings. The SMILES string of the molecule is C[C@@H](NC(=O)C1(C)CCNCC1)c1ccccc1Br. The molecule has 1 amide bonds. The van der Waals surface area contributed by atoms with E-state index in [0.717, 1.165) is 36.0 Å². The van der Waals surface area contributed by atoms with E-state index in [-0.39, 0.29) is 17.4 Å². The summed E-state index contributed by atoms with van der Waals surface area (Å²) in [7, 11) is 0. The Bertz CT molecular complexity index is 455. The zero-order valence-electron chi connectivity index (χ0n) is 11.5. The van der Waals surface area contributed by atoms with Gasteiger partial charge in [0.05, 0.1) is 6.04 Å². The van der Waals surface area contributed by atoms with E-state index in [1.165, 1.54) is 0 Å². The van der Waals surface area contributed by atoms with Crippen LogP contribution in [0.5, 0.6) is 0 Å². The first kappa shape index (κ1) is 14.5. The normalized spacial score (nSPS) is 19.7. The van der Waals surface area contributed by atoms with Gasteiger partial charge in [-0.15, -0.1) is 0 Å². The quantitative estimate of drug-likeness (QED) is 0.897. The van der Waals surface area contributed by atoms with Gasteiger partial charge in [-0.2, -0.15) is 0 Å². The predicted molar refractivity (Wildman–Crippen MR) is 80.9 cm³/mol. The van der Waals surface area contributed by atoms with Gasteiger partial charge in [0.1, 0.15) is 0 Å². The van der Waals surface area contributed by atoms with Crippen molar-refractivity contribution < 1.29 is 4.79 Å². The first-order valence-electron chi connectivity index (χ1n) is 6.79. The lowest BCUT2D eigenvalue weighted by molar-refractivity contribution is -0.132. The van der Waals surface area contributed by atoms with Crippen LogP contribution < -0.4 is 10.6 Å². The Morgan fingerprint density at radius 3 is 2.63 bits per heavy atom. The van der Waals surface area contributed by atoms with Crippen LogP contribution in [0.3, 0.4) is 0 Å². The molecule has 2 N–H and O–H groups in total. The Balaban J connectivity index is 2.04. The van der Waals surface area contributed by atoms with Gasteiger partial charge in [-0.05, 0) is 44.5 Å². The summed E-state index contributed by atoms with van der Waals surface area (Å²) in [6, 6.07) is 8.05. The third kappa shape index (κ3) is 3.37. The second-order valence-electron chi connectivity index (χ2n) is 5.53. The summed E-state index contributed by atoms with van der Waals surface area (Å²) < 4.78 is 1.04. The first-order valence-corrected chi connectivity index (χ1v) is 7.58. The van der Waals surface area contributed by atoms with Gasteiger partial charge in [0.2, 0.25) is 5.91 Å². The number of piperidine rings is 1. The van der Waals surface area contributed by atoms with Crippen LogP contribution in [0.4, 0.5) is 0 Å². The molecular formula is C15H21BrN2O. The Morgan fingerprint density at radius 1 is 1.37 bits per heavy atom. The average Bonchev–Trinajstić information content (AvgIpc) is 2.40. The number of carbonyl (C=O) groups is 1. The molecule has 0 unspecified atom stereocenters. The van der Waals surface area contributed by atoms with Crippen molar-refractivity contribution in [1.29, 1.82) is 0 Å². The lowest BCUT2D eigenvalue weighted by atomic mass is 9.80. The Morgan fingerprint density at radius 2 is 2.00 bits per heavy atom. The van der Waals surface area contributed by atoms with Crippen molar-refractivity contribution in [2.45, 2.75) is 32.7 Å². The molecule has 1 aromatic carbocycles. The van der Waals surface area contributed by atoms with E-state index in [9.17, 15) is 4.79 Å². The van der Waals surface area contributed by atoms with Crippen molar-refractivity contribution >= 4 is 21.8 Å². The Labute approximate surface area is 123 Å². The summed E-state index contributed by atoms with van der Waals surface area (Å²) in [4.78, 5) is 12.5. The minimum Gasteiger partial charge on any atom is -0.349 e. The number of carbonyl (C=O) groups excluding carboxylic acids is 1. The van der Waals surface area contributed by atoms with Gasteiger partial charge < -0.3 is 10.6 Å². The molecule has 1 aliphatic heterocycles. The van der Waals surface area contributed by atoms with E-state index in [4.69, 9.17) is 0 Å². The number of benzene rings is 1. The summed E-state index contributed by atoms with van der Waals surface area (Å²) in [5.41, 5.74) is 0.884. The molecular weight excluding hydrogens is 304 g/mol. The van der Waals surface area contributed by atoms with E-state index in [1.54, 1.807) is 0 Å². The molecule has 1 heterocycles. The molecule has 0 aromatic heterocycles. The van der Waals surface area contributed by atoms with Crippen molar-refractivity contribution in [3.63, 3.8) is 0 Å². The van der Waals surface area contributed by atoms with Gasteiger partial charge >= 0.3 is 0 Å². The summed E-state index contributed by atoms with van der Waals surface area (Å²) >= 11 is 3.53. The number of hydrogen-bond donors (Lipinski definition) is 2. The molecule has 0 bridgehead atoms. The fraction of sp³-hybridized carbons (Fsp3) is 0.533. The van der Waals surface area contributed by atoms with Crippen LogP contribution in [-0.2, 0) is 4.79 Å². The largest absolute Gasteiger partial charge is 0.349 e. The van der Waals surface area contributed by atoms with Crippen LogP contribution >= 0.6 is 15.9 Å². The van der Waals surface area contributed by atoms with Crippen LogP contribution in [0.2, 0.25) is 0 Å². The van der Waals surface area contributed by atoms with Crippen LogP contribution in [0.15, 0.2) is 28.7 Å². The van der Waals surface area contributed by atoms with Crippen LogP contribution in [0.25, 0.3) is 0 Å². The molecule has 1 atom stereocenters. The minimum absolute atomic E-state index is 0.0229. The first-order chi connectivity index (χ1) is 9.03. The van der Waals surface area contributed by atoms with Crippen molar-refractivity contribution in [2.75, 3.05) is 13.1 Å². The summed E-state index contributed by atoms with van der Waals surface area (Å²) in [6.07, 6.45) is 1.81. The number of hydrogen-bond acceptors (Lipinski definition) is 2. The minimum atomic E-state index is -0.235. The third-order valence-corrected chi connectivity index (χ3v) is 4.70. The van der Waals surface area contributed by atoms with Gasteiger partial charge in [0.15, 0.2) is 0 Å². The molecule has 0 radical (unpaired) electrons. The van der Waals surface area contributed by atoms with Crippen molar-refractivity contribution in [1.82, 2.24) is 10.6 Å². The maximum absolute atomic E-state index is 12.5. The molecule has 104 valence electrons. The second kappa shape index (κ2) is 6.06. The van der Waals surface area contributed by atoms with Crippen LogP contribution in [-0.4, -0.2) is 19.0 Å². The molecule has 0 aliphatic carbocycles. The fourth-order valence-corrected chi connectivity index (χ4v) is 3.11. The molecule has 1 saturated heterocycles. The van der Waals surface area contributed by atoms with Gasteiger partial charge in [0, 0.05) is 9.89 Å². The average molecular weight is 325 g/mol. The summed E-state index contributed by atoms with van der Waals surface area (Å²) in [5.74, 6) is 0.164. The van der Waals surface area contributed by atoms with E-state index in [2.05, 4.69) is 33.5 Å². The highest BCUT2D eigenvalue weighted by molar-refractivity contribution is 9.10. The highest BCUT2D eigenvalue weighted by Crippen LogP contribution is 2.30. The number of amides is 1. The number of rotatable bonds is 3. The molecule has 0 spiro atoms. The van der Waals surface area contributed by atoms with Crippen molar-refractivity contribution in [3.05, 3.63) is 34.3 Å². The van der Waals surface area contributed by atoms with E-state index in [0.29, 0.717) is 0 Å². The van der Waals surface area contributed by atoms with Gasteiger partial charge in [0.25, 0.3) is 0 Å². The molecule has 19 heavy (non-hydrogen) atoms. The summed E-state index contributed by atoms with van der Waals surface area (Å²) in [6.45, 7) is 5.94. The standard InChI is InChI=1S/C15H21BrN2O/c1-11(12-5-3-4-6-13(12)16)18-14(19)15(2)7-9-17-10-8-15/h3-6,11,17H,7-10H2,1-2H3,(H,18,19)/t11-/m1/s1. The van der Waals surface area contributed by atoms with Crippen LogP contribution in [0, 0.1) is 5.41 Å². The maximum atomic E-state index is 12.5. The third-order valence-electron chi connectivity index (χ3n) is 3.97. The van der Waals surface area contributed by atoms with Gasteiger partial charge in [-0.25, -0.2) is 0 Å². The maximum Gasteiger partial charge on any atom is 0.226 e. The number of nitrogens with one attached hydrogen (secondary N) is 2. The van der Waals surface area contributed by atoms with E-state index >= 15 is 0 Å². The number of halogens is 1. The highest BCUT2D eigenvalue weighted by atomic mass is 79.9. The lowest BCUT2D eigenvalue weighted by Crippen LogP contribution is -2.46. The van der Waals surface area contributed by atoms with Crippen molar-refractivity contribution in [2.24, 2.45) is 5.41 Å². The predicted octanol–water partition coefficient (Wildman–Crippen LogP) is 3.02. The summed E-state index contributed by atoms with van der Waals surface area (Å²) in [5, 5.41) is 6.45.